The molecule has 6 heteroatoms. The standard InChI is InChI=1S/C21H35N3O3/c1-17(24-13-10-20(11-14-24)27-16-15-23(2)3)21(25)22-12-9-18-5-7-19(26-4)8-6-18/h5-8,17,20H,9-16H2,1-4H3,(H,22,25). The number of ether oxygens (including phenoxy) is 2. The van der Waals surface area contributed by atoms with E-state index in [1.54, 1.807) is 7.11 Å². The third kappa shape index (κ3) is 7.48. The van der Waals surface area contributed by atoms with Crippen LogP contribution in [-0.2, 0) is 16.0 Å². The number of likely N-dealkylation sites (N-methyl/N-ethyl adjacent to an activating group) is 1. The molecule has 1 amide bonds. The van der Waals surface area contributed by atoms with Gasteiger partial charge in [0.25, 0.3) is 0 Å². The maximum absolute atomic E-state index is 12.5. The van der Waals surface area contributed by atoms with Gasteiger partial charge >= 0.3 is 0 Å². The van der Waals surface area contributed by atoms with Crippen molar-refractivity contribution in [3.8, 4) is 5.75 Å². The minimum atomic E-state index is -0.0939. The summed E-state index contributed by atoms with van der Waals surface area (Å²) in [5.74, 6) is 0.959. The lowest BCUT2D eigenvalue weighted by Crippen LogP contribution is -2.49. The van der Waals surface area contributed by atoms with Crippen LogP contribution >= 0.6 is 0 Å². The van der Waals surface area contributed by atoms with Crippen LogP contribution in [-0.4, -0.2) is 81.8 Å². The summed E-state index contributed by atoms with van der Waals surface area (Å²) < 4.78 is 11.1. The second-order valence-corrected chi connectivity index (χ2v) is 7.47. The first-order valence-corrected chi connectivity index (χ1v) is 9.90. The summed E-state index contributed by atoms with van der Waals surface area (Å²) in [5.41, 5.74) is 1.19. The predicted octanol–water partition coefficient (Wildman–Crippen LogP) is 1.79. The number of nitrogens with one attached hydrogen (secondary N) is 1. The van der Waals surface area contributed by atoms with Gasteiger partial charge in [0, 0.05) is 26.2 Å². The molecule has 0 radical (unpaired) electrons. The highest BCUT2D eigenvalue weighted by Crippen LogP contribution is 2.16. The molecule has 1 fully saturated rings. The topological polar surface area (TPSA) is 54.0 Å². The Hall–Kier alpha value is -1.63. The van der Waals surface area contributed by atoms with E-state index in [1.807, 2.05) is 31.2 Å². The van der Waals surface area contributed by atoms with Gasteiger partial charge in [-0.1, -0.05) is 12.1 Å². The van der Waals surface area contributed by atoms with Gasteiger partial charge in [-0.15, -0.1) is 0 Å². The summed E-state index contributed by atoms with van der Waals surface area (Å²) in [4.78, 5) is 16.8. The molecular weight excluding hydrogens is 342 g/mol. The monoisotopic (exact) mass is 377 g/mol. The van der Waals surface area contributed by atoms with E-state index in [1.165, 1.54) is 5.56 Å². The van der Waals surface area contributed by atoms with Crippen molar-refractivity contribution < 1.29 is 14.3 Å². The molecule has 1 saturated heterocycles. The maximum atomic E-state index is 12.5. The van der Waals surface area contributed by atoms with Gasteiger partial charge in [0.05, 0.1) is 25.9 Å². The minimum Gasteiger partial charge on any atom is -0.497 e. The smallest absolute Gasteiger partial charge is 0.237 e. The highest BCUT2D eigenvalue weighted by molar-refractivity contribution is 5.81. The number of benzene rings is 1. The molecule has 152 valence electrons. The fourth-order valence-electron chi connectivity index (χ4n) is 3.27. The Morgan fingerprint density at radius 3 is 2.52 bits per heavy atom. The van der Waals surface area contributed by atoms with E-state index < -0.39 is 0 Å². The third-order valence-corrected chi connectivity index (χ3v) is 5.17. The molecule has 1 aliphatic heterocycles. The van der Waals surface area contributed by atoms with Crippen LogP contribution in [0.25, 0.3) is 0 Å². The van der Waals surface area contributed by atoms with Crippen LogP contribution in [0.15, 0.2) is 24.3 Å². The van der Waals surface area contributed by atoms with Crippen molar-refractivity contribution in [3.63, 3.8) is 0 Å². The van der Waals surface area contributed by atoms with Gasteiger partial charge in [-0.05, 0) is 58.0 Å². The lowest BCUT2D eigenvalue weighted by molar-refractivity contribution is -0.127. The molecule has 1 aromatic rings. The molecule has 2 rings (SSSR count). The quantitative estimate of drug-likeness (QED) is 0.674. The molecule has 1 heterocycles. The average molecular weight is 378 g/mol. The Morgan fingerprint density at radius 1 is 1.26 bits per heavy atom. The number of nitrogens with zero attached hydrogens (tertiary/aromatic N) is 2. The van der Waals surface area contributed by atoms with Crippen LogP contribution in [0.2, 0.25) is 0 Å². The Kier molecular flexibility index (Phi) is 9.04. The minimum absolute atomic E-state index is 0.0939. The zero-order valence-corrected chi connectivity index (χ0v) is 17.2. The molecule has 1 atom stereocenters. The summed E-state index contributed by atoms with van der Waals surface area (Å²) >= 11 is 0. The van der Waals surface area contributed by atoms with Crippen molar-refractivity contribution in [2.75, 3.05) is 54.0 Å². The van der Waals surface area contributed by atoms with E-state index in [0.29, 0.717) is 12.6 Å². The number of methoxy groups -OCH3 is 1. The number of likely N-dealkylation sites (tertiary alicyclic amines) is 1. The van der Waals surface area contributed by atoms with Crippen molar-refractivity contribution >= 4 is 5.91 Å². The number of piperidine rings is 1. The van der Waals surface area contributed by atoms with Gasteiger partial charge in [-0.25, -0.2) is 0 Å². The van der Waals surface area contributed by atoms with Crippen LogP contribution in [0, 0.1) is 0 Å². The van der Waals surface area contributed by atoms with Crippen molar-refractivity contribution in [1.82, 2.24) is 15.1 Å². The SMILES string of the molecule is COc1ccc(CCNC(=O)C(C)N2CCC(OCCN(C)C)CC2)cc1. The maximum Gasteiger partial charge on any atom is 0.237 e. The third-order valence-electron chi connectivity index (χ3n) is 5.17. The van der Waals surface area contributed by atoms with Gasteiger partial charge < -0.3 is 19.7 Å². The molecule has 0 saturated carbocycles. The molecule has 0 aliphatic carbocycles. The Bertz CT molecular complexity index is 554. The van der Waals surface area contributed by atoms with Gasteiger partial charge in [0.2, 0.25) is 5.91 Å². The van der Waals surface area contributed by atoms with Gasteiger partial charge in [-0.2, -0.15) is 0 Å². The summed E-state index contributed by atoms with van der Waals surface area (Å²) in [5, 5.41) is 3.07. The summed E-state index contributed by atoms with van der Waals surface area (Å²) in [7, 11) is 5.77. The zero-order chi connectivity index (χ0) is 19.6. The number of rotatable bonds is 10. The molecule has 6 nitrogen and oxygen atoms in total. The van der Waals surface area contributed by atoms with Crippen LogP contribution in [0.4, 0.5) is 0 Å². The second kappa shape index (κ2) is 11.3. The first-order valence-electron chi connectivity index (χ1n) is 9.90. The van der Waals surface area contributed by atoms with Gasteiger partial charge in [-0.3, -0.25) is 9.69 Å². The summed E-state index contributed by atoms with van der Waals surface area (Å²) in [6, 6.07) is 7.88. The fourth-order valence-corrected chi connectivity index (χ4v) is 3.27. The number of hydrogen-bond acceptors (Lipinski definition) is 5. The lowest BCUT2D eigenvalue weighted by Gasteiger charge is -2.35. The van der Waals surface area contributed by atoms with E-state index in [-0.39, 0.29) is 11.9 Å². The molecule has 0 spiro atoms. The molecule has 0 bridgehead atoms. The number of carbonyl (C=O) groups is 1. The van der Waals surface area contributed by atoms with Crippen molar-refractivity contribution in [1.29, 1.82) is 0 Å². The number of hydrogen-bond donors (Lipinski definition) is 1. The van der Waals surface area contributed by atoms with Gasteiger partial charge in [0.15, 0.2) is 0 Å². The average Bonchev–Trinajstić information content (AvgIpc) is 2.68. The van der Waals surface area contributed by atoms with E-state index in [0.717, 1.165) is 51.3 Å². The summed E-state index contributed by atoms with van der Waals surface area (Å²) in [6.07, 6.45) is 3.14. The molecule has 1 unspecified atom stereocenters. The normalized spacial score (nSPS) is 17.1. The van der Waals surface area contributed by atoms with Crippen molar-refractivity contribution in [2.24, 2.45) is 0 Å². The van der Waals surface area contributed by atoms with Gasteiger partial charge in [0.1, 0.15) is 5.75 Å². The number of carbonyl (C=O) groups excluding carboxylic acids is 1. The molecule has 0 aromatic heterocycles. The van der Waals surface area contributed by atoms with Crippen molar-refractivity contribution in [2.45, 2.75) is 38.3 Å². The Morgan fingerprint density at radius 2 is 1.93 bits per heavy atom. The zero-order valence-electron chi connectivity index (χ0n) is 17.2. The van der Waals surface area contributed by atoms with E-state index in [9.17, 15) is 4.79 Å². The molecule has 27 heavy (non-hydrogen) atoms. The Balaban J connectivity index is 1.64. The van der Waals surface area contributed by atoms with E-state index in [4.69, 9.17) is 9.47 Å². The molecule has 1 aromatic carbocycles. The van der Waals surface area contributed by atoms with Crippen LogP contribution < -0.4 is 10.1 Å². The lowest BCUT2D eigenvalue weighted by atomic mass is 10.1. The number of amides is 1. The molecule has 1 N–H and O–H groups in total. The molecular formula is C21H35N3O3. The first kappa shape index (κ1) is 21.7. The van der Waals surface area contributed by atoms with E-state index >= 15 is 0 Å². The van der Waals surface area contributed by atoms with E-state index in [2.05, 4.69) is 29.2 Å². The second-order valence-electron chi connectivity index (χ2n) is 7.47. The fraction of sp³-hybridized carbons (Fsp3) is 0.667. The highest BCUT2D eigenvalue weighted by Gasteiger charge is 2.26. The Labute approximate surface area is 163 Å². The highest BCUT2D eigenvalue weighted by atomic mass is 16.5. The van der Waals surface area contributed by atoms with Crippen molar-refractivity contribution in [3.05, 3.63) is 29.8 Å². The molecule has 1 aliphatic rings. The van der Waals surface area contributed by atoms with Crippen LogP contribution in [0.1, 0.15) is 25.3 Å². The van der Waals surface area contributed by atoms with Crippen LogP contribution in [0.3, 0.4) is 0 Å². The summed E-state index contributed by atoms with van der Waals surface area (Å²) in [6.45, 7) is 6.21. The largest absolute Gasteiger partial charge is 0.497 e. The van der Waals surface area contributed by atoms with Crippen LogP contribution in [0.5, 0.6) is 5.75 Å². The first-order chi connectivity index (χ1) is 13.0. The predicted molar refractivity (Wildman–Crippen MR) is 108 cm³/mol.